The Bertz CT molecular complexity index is 320. The predicted molar refractivity (Wildman–Crippen MR) is 41.8 cm³/mol. The van der Waals surface area contributed by atoms with E-state index in [2.05, 4.69) is 4.74 Å². The van der Waals surface area contributed by atoms with E-state index < -0.39 is 35.7 Å². The number of rotatable bonds is 1. The first-order valence-electron chi connectivity index (χ1n) is 4.09. The Balaban J connectivity index is 3.46. The molecule has 0 bridgehead atoms. The highest BCUT2D eigenvalue weighted by Crippen LogP contribution is 2.47. The van der Waals surface area contributed by atoms with Crippen molar-refractivity contribution in [1.82, 2.24) is 0 Å². The molecule has 11 heteroatoms. The number of hydrogen-bond acceptors (Lipinski definition) is 11. The summed E-state index contributed by atoms with van der Waals surface area (Å²) < 4.78 is 3.67. The van der Waals surface area contributed by atoms with Crippen molar-refractivity contribution < 1.29 is 55.8 Å². The molecular weight excluding hydrogens is 248 g/mol. The van der Waals surface area contributed by atoms with E-state index in [1.165, 1.54) is 0 Å². The molecule has 0 aromatic heterocycles. The molecule has 1 heterocycles. The minimum Gasteiger partial charge on any atom is -0.391 e. The number of hydrogen-bond donors (Lipinski definition) is 10. The van der Waals surface area contributed by atoms with Crippen LogP contribution in [0.2, 0.25) is 0 Å². The van der Waals surface area contributed by atoms with E-state index in [1.807, 2.05) is 0 Å². The summed E-state index contributed by atoms with van der Waals surface area (Å²) in [6.45, 7) is -1.75. The summed E-state index contributed by atoms with van der Waals surface area (Å²) >= 11 is 0. The summed E-state index contributed by atoms with van der Waals surface area (Å²) in [6, 6.07) is 0. The topological polar surface area (TPSA) is 212 Å². The molecule has 1 saturated heterocycles. The van der Waals surface area contributed by atoms with Gasteiger partial charge >= 0.3 is 11.8 Å². The molecule has 11 nitrogen and oxygen atoms in total. The second-order valence-corrected chi connectivity index (χ2v) is 3.67. The van der Waals surface area contributed by atoms with Gasteiger partial charge in [0.25, 0.3) is 17.4 Å². The van der Waals surface area contributed by atoms with E-state index in [4.69, 9.17) is 46.0 Å². The maximum atomic E-state index is 9.28. The van der Waals surface area contributed by atoms with Crippen LogP contribution in [0.5, 0.6) is 0 Å². The molecule has 17 heavy (non-hydrogen) atoms. The molecule has 0 spiro atoms. The Hall–Kier alpha value is -0.440. The molecule has 1 unspecified atom stereocenters. The van der Waals surface area contributed by atoms with Crippen molar-refractivity contribution in [3.63, 3.8) is 0 Å². The summed E-state index contributed by atoms with van der Waals surface area (Å²) in [6.07, 6.45) is 0. The molecule has 1 aliphatic rings. The van der Waals surface area contributed by atoms with Gasteiger partial charge in [0.05, 0.1) is 0 Å². The summed E-state index contributed by atoms with van der Waals surface area (Å²) in [5.74, 6) is -21.1. The third kappa shape index (κ3) is 1.44. The van der Waals surface area contributed by atoms with Crippen molar-refractivity contribution in [1.29, 1.82) is 0 Å². The van der Waals surface area contributed by atoms with Crippen LogP contribution < -0.4 is 0 Å². The van der Waals surface area contributed by atoms with Gasteiger partial charge in [-0.05, 0) is 0 Å². The van der Waals surface area contributed by atoms with Crippen molar-refractivity contribution in [2.24, 2.45) is 0 Å². The lowest BCUT2D eigenvalue weighted by Crippen LogP contribution is -2.88. The molecule has 0 radical (unpaired) electrons. The van der Waals surface area contributed by atoms with E-state index in [-0.39, 0.29) is 0 Å². The fourth-order valence-electron chi connectivity index (χ4n) is 1.26. The van der Waals surface area contributed by atoms with E-state index in [0.29, 0.717) is 0 Å². The van der Waals surface area contributed by atoms with Crippen molar-refractivity contribution >= 4 is 0 Å². The normalized spacial score (nSPS) is 37.8. The molecule has 102 valence electrons. The second kappa shape index (κ2) is 3.31. The van der Waals surface area contributed by atoms with Crippen LogP contribution in [0.3, 0.4) is 0 Å². The Kier molecular flexibility index (Phi) is 2.85. The van der Waals surface area contributed by atoms with Gasteiger partial charge in [0.1, 0.15) is 6.61 Å². The zero-order chi connectivity index (χ0) is 13.9. The molecule has 1 aliphatic heterocycles. The van der Waals surface area contributed by atoms with Gasteiger partial charge in [0.2, 0.25) is 0 Å². The third-order valence-electron chi connectivity index (χ3n) is 2.50. The Morgan fingerprint density at radius 2 is 1.06 bits per heavy atom. The lowest BCUT2D eigenvalue weighted by Gasteiger charge is -2.56. The van der Waals surface area contributed by atoms with Gasteiger partial charge in [-0.1, -0.05) is 0 Å². The van der Waals surface area contributed by atoms with Crippen LogP contribution in [0.25, 0.3) is 0 Å². The van der Waals surface area contributed by atoms with Gasteiger partial charge in [0, 0.05) is 0 Å². The molecule has 1 rings (SSSR count). The first-order valence-corrected chi connectivity index (χ1v) is 4.09. The second-order valence-electron chi connectivity index (χ2n) is 3.67. The Labute approximate surface area is 92.6 Å². The number of ether oxygens (including phenoxy) is 1. The van der Waals surface area contributed by atoms with Gasteiger partial charge in [-0.15, -0.1) is 0 Å². The van der Waals surface area contributed by atoms with Gasteiger partial charge in [-0.25, -0.2) is 0 Å². The van der Waals surface area contributed by atoms with Crippen LogP contribution in [0.1, 0.15) is 0 Å². The minimum atomic E-state index is -4.47. The average Bonchev–Trinajstić information content (AvgIpc) is 2.14. The maximum absolute atomic E-state index is 9.28. The average molecular weight is 260 g/mol. The molecule has 0 amide bonds. The van der Waals surface area contributed by atoms with Crippen molar-refractivity contribution in [2.45, 2.75) is 29.1 Å². The zero-order valence-corrected chi connectivity index (χ0v) is 8.09. The van der Waals surface area contributed by atoms with Gasteiger partial charge in [-0.2, -0.15) is 0 Å². The molecule has 1 fully saturated rings. The van der Waals surface area contributed by atoms with Gasteiger partial charge in [-0.3, -0.25) is 4.74 Å². The standard InChI is InChI=1S/C6H12O11/c7-1-2(8)3(9,10)4(11,12)5(13,14)6(15,16)17-2/h7-16H,1H2. The molecule has 0 aromatic carbocycles. The van der Waals surface area contributed by atoms with Gasteiger partial charge < -0.3 is 51.1 Å². The summed E-state index contributed by atoms with van der Waals surface area (Å²) in [4.78, 5) is 0. The largest absolute Gasteiger partial charge is 0.391 e. The highest BCUT2D eigenvalue weighted by Gasteiger charge is 2.83. The number of aliphatic hydroxyl groups excluding tert-OH is 1. The van der Waals surface area contributed by atoms with Gasteiger partial charge in [0.15, 0.2) is 0 Å². The molecular formula is C6H12O11. The lowest BCUT2D eigenvalue weighted by atomic mass is 9.85. The van der Waals surface area contributed by atoms with Crippen LogP contribution in [0.4, 0.5) is 0 Å². The Morgan fingerprint density at radius 3 is 1.41 bits per heavy atom. The highest BCUT2D eigenvalue weighted by molar-refractivity contribution is 5.08. The van der Waals surface area contributed by atoms with Crippen molar-refractivity contribution in [3.05, 3.63) is 0 Å². The summed E-state index contributed by atoms with van der Waals surface area (Å²) in [7, 11) is 0. The summed E-state index contributed by atoms with van der Waals surface area (Å²) in [5, 5.41) is 90.4. The predicted octanol–water partition coefficient (Wildman–Crippen LogP) is -6.62. The quantitative estimate of drug-likeness (QED) is 0.200. The van der Waals surface area contributed by atoms with E-state index >= 15 is 0 Å². The SMILES string of the molecule is OCC1(O)OC(O)(O)C(O)(O)C(O)(O)C1(O)O. The monoisotopic (exact) mass is 260 g/mol. The van der Waals surface area contributed by atoms with Crippen LogP contribution in [0.15, 0.2) is 0 Å². The molecule has 10 N–H and O–H groups in total. The van der Waals surface area contributed by atoms with Crippen LogP contribution >= 0.6 is 0 Å². The fraction of sp³-hybridized carbons (Fsp3) is 1.00. The lowest BCUT2D eigenvalue weighted by molar-refractivity contribution is -0.640. The van der Waals surface area contributed by atoms with Crippen molar-refractivity contribution in [2.75, 3.05) is 6.61 Å². The minimum absolute atomic E-state index is 1.75. The maximum Gasteiger partial charge on any atom is 0.344 e. The van der Waals surface area contributed by atoms with Crippen LogP contribution in [-0.2, 0) is 4.74 Å². The third-order valence-corrected chi connectivity index (χ3v) is 2.50. The molecule has 0 saturated carbocycles. The zero-order valence-electron chi connectivity index (χ0n) is 8.09. The molecule has 0 aliphatic carbocycles. The first kappa shape index (κ1) is 14.6. The van der Waals surface area contributed by atoms with Crippen LogP contribution in [-0.4, -0.2) is 86.8 Å². The number of aliphatic hydroxyl groups is 10. The molecule has 0 aromatic rings. The Morgan fingerprint density at radius 1 is 0.647 bits per heavy atom. The van der Waals surface area contributed by atoms with E-state index in [1.54, 1.807) is 0 Å². The van der Waals surface area contributed by atoms with Crippen molar-refractivity contribution in [3.8, 4) is 0 Å². The molecule has 1 atom stereocenters. The fourth-order valence-corrected chi connectivity index (χ4v) is 1.26. The van der Waals surface area contributed by atoms with E-state index in [9.17, 15) is 5.11 Å². The summed E-state index contributed by atoms with van der Waals surface area (Å²) in [5.41, 5.74) is 0. The van der Waals surface area contributed by atoms with Crippen LogP contribution in [0, 0.1) is 0 Å². The smallest absolute Gasteiger partial charge is 0.344 e. The van der Waals surface area contributed by atoms with E-state index in [0.717, 1.165) is 0 Å². The highest BCUT2D eigenvalue weighted by atomic mass is 16.9. The first-order chi connectivity index (χ1) is 7.27.